The van der Waals surface area contributed by atoms with E-state index in [1.165, 1.54) is 0 Å². The van der Waals surface area contributed by atoms with Crippen LogP contribution in [0.5, 0.6) is 0 Å². The molecule has 100 valence electrons. The molecule has 0 amide bonds. The van der Waals surface area contributed by atoms with E-state index in [4.69, 9.17) is 4.84 Å². The Morgan fingerprint density at radius 2 is 2.32 bits per heavy atom. The van der Waals surface area contributed by atoms with Gasteiger partial charge in [0.15, 0.2) is 0 Å². The minimum absolute atomic E-state index is 0.410. The summed E-state index contributed by atoms with van der Waals surface area (Å²) in [6.45, 7) is 0.640. The fourth-order valence-electron chi connectivity index (χ4n) is 1.66. The van der Waals surface area contributed by atoms with Crippen molar-refractivity contribution in [3.05, 3.63) is 48.0 Å². The number of benzene rings is 1. The first-order valence-corrected chi connectivity index (χ1v) is 5.87. The highest BCUT2D eigenvalue weighted by atomic mass is 16.7. The summed E-state index contributed by atoms with van der Waals surface area (Å²) in [5, 5.41) is 3.24. The van der Waals surface area contributed by atoms with E-state index in [0.717, 1.165) is 11.4 Å². The number of carbonyl (C=O) groups is 1. The lowest BCUT2D eigenvalue weighted by atomic mass is 10.2. The zero-order valence-corrected chi connectivity index (χ0v) is 10.9. The van der Waals surface area contributed by atoms with Gasteiger partial charge in [-0.3, -0.25) is 0 Å². The van der Waals surface area contributed by atoms with Gasteiger partial charge in [0.2, 0.25) is 0 Å². The molecular weight excluding hydrogens is 244 g/mol. The normalized spacial score (nSPS) is 10.2. The molecule has 6 nitrogen and oxygen atoms in total. The van der Waals surface area contributed by atoms with Crippen LogP contribution in [0.4, 0.5) is 5.69 Å². The molecule has 0 fully saturated rings. The first kappa shape index (κ1) is 13.1. The molecule has 2 rings (SSSR count). The number of aromatic nitrogens is 2. The van der Waals surface area contributed by atoms with Crippen molar-refractivity contribution in [3.63, 3.8) is 0 Å². The molecule has 6 heteroatoms. The van der Waals surface area contributed by atoms with Crippen molar-refractivity contribution < 1.29 is 9.63 Å². The summed E-state index contributed by atoms with van der Waals surface area (Å²) >= 11 is 0. The van der Waals surface area contributed by atoms with Crippen LogP contribution in [0.25, 0.3) is 0 Å². The first-order chi connectivity index (χ1) is 9.20. The molecular formula is C13H16N4O2. The van der Waals surface area contributed by atoms with Crippen LogP contribution in [0, 0.1) is 0 Å². The highest BCUT2D eigenvalue weighted by Crippen LogP contribution is 2.12. The van der Waals surface area contributed by atoms with Crippen LogP contribution in [0.15, 0.2) is 36.8 Å². The summed E-state index contributed by atoms with van der Waals surface area (Å²) in [6, 6.07) is 7.15. The first-order valence-electron chi connectivity index (χ1n) is 5.87. The molecule has 0 aliphatic heterocycles. The smallest absolute Gasteiger partial charge is 0.356 e. The van der Waals surface area contributed by atoms with E-state index >= 15 is 0 Å². The highest BCUT2D eigenvalue weighted by Gasteiger charge is 2.07. The van der Waals surface area contributed by atoms with Gasteiger partial charge in [-0.1, -0.05) is 6.07 Å². The molecule has 0 bridgehead atoms. The maximum Gasteiger partial charge on any atom is 0.356 e. The van der Waals surface area contributed by atoms with Crippen LogP contribution >= 0.6 is 0 Å². The topological polar surface area (TPSA) is 68.2 Å². The Bertz CT molecular complexity index is 565. The van der Waals surface area contributed by atoms with E-state index in [1.807, 2.05) is 17.7 Å². The maximum atomic E-state index is 11.6. The molecule has 2 N–H and O–H groups in total. The second-order valence-corrected chi connectivity index (χ2v) is 4.02. The SMILES string of the molecule is CNOC(=O)c1cccc(NCc2cncn2C)c1. The molecule has 2 aromatic rings. The van der Waals surface area contributed by atoms with Gasteiger partial charge >= 0.3 is 5.97 Å². The zero-order valence-electron chi connectivity index (χ0n) is 10.9. The number of imidazole rings is 1. The van der Waals surface area contributed by atoms with Crippen LogP contribution in [0.2, 0.25) is 0 Å². The summed E-state index contributed by atoms with van der Waals surface area (Å²) < 4.78 is 1.94. The summed E-state index contributed by atoms with van der Waals surface area (Å²) in [6.07, 6.45) is 3.55. The Labute approximate surface area is 111 Å². The summed E-state index contributed by atoms with van der Waals surface area (Å²) in [7, 11) is 3.48. The molecule has 1 aromatic heterocycles. The minimum Gasteiger partial charge on any atom is -0.379 e. The van der Waals surface area contributed by atoms with Gasteiger partial charge < -0.3 is 14.7 Å². The number of rotatable bonds is 5. The molecule has 0 aliphatic carbocycles. The maximum absolute atomic E-state index is 11.6. The molecule has 0 unspecified atom stereocenters. The quantitative estimate of drug-likeness (QED) is 0.794. The van der Waals surface area contributed by atoms with E-state index in [1.54, 1.807) is 37.8 Å². The lowest BCUT2D eigenvalue weighted by molar-refractivity contribution is 0.0310. The predicted molar refractivity (Wildman–Crippen MR) is 71.5 cm³/mol. The third kappa shape index (κ3) is 3.32. The number of aryl methyl sites for hydroxylation is 1. The van der Waals surface area contributed by atoms with E-state index in [2.05, 4.69) is 15.8 Å². The lowest BCUT2D eigenvalue weighted by Crippen LogP contribution is -2.15. The Kier molecular flexibility index (Phi) is 4.15. The third-order valence-corrected chi connectivity index (χ3v) is 2.68. The average Bonchev–Trinajstić information content (AvgIpc) is 2.82. The fourth-order valence-corrected chi connectivity index (χ4v) is 1.66. The molecule has 0 aliphatic rings. The van der Waals surface area contributed by atoms with E-state index in [-0.39, 0.29) is 0 Å². The largest absolute Gasteiger partial charge is 0.379 e. The second kappa shape index (κ2) is 6.01. The van der Waals surface area contributed by atoms with Gasteiger partial charge in [-0.15, -0.1) is 0 Å². The summed E-state index contributed by atoms with van der Waals surface area (Å²) in [5.41, 5.74) is 4.77. The molecule has 1 aromatic carbocycles. The number of carbonyl (C=O) groups excluding carboxylic acids is 1. The van der Waals surface area contributed by atoms with Gasteiger partial charge in [0.1, 0.15) is 0 Å². The van der Waals surface area contributed by atoms with Crippen molar-refractivity contribution in [3.8, 4) is 0 Å². The van der Waals surface area contributed by atoms with Crippen LogP contribution in [-0.4, -0.2) is 22.6 Å². The van der Waals surface area contributed by atoms with Gasteiger partial charge in [0.05, 0.1) is 24.1 Å². The Balaban J connectivity index is 2.03. The monoisotopic (exact) mass is 260 g/mol. The van der Waals surface area contributed by atoms with Crippen molar-refractivity contribution in [2.45, 2.75) is 6.54 Å². The number of hydrogen-bond donors (Lipinski definition) is 2. The van der Waals surface area contributed by atoms with Crippen molar-refractivity contribution >= 4 is 11.7 Å². The summed E-state index contributed by atoms with van der Waals surface area (Å²) in [4.78, 5) is 20.3. The Morgan fingerprint density at radius 3 is 3.00 bits per heavy atom. The Morgan fingerprint density at radius 1 is 1.47 bits per heavy atom. The van der Waals surface area contributed by atoms with Crippen molar-refractivity contribution in [1.29, 1.82) is 0 Å². The number of nitrogens with one attached hydrogen (secondary N) is 2. The van der Waals surface area contributed by atoms with Crippen molar-refractivity contribution in [1.82, 2.24) is 15.0 Å². The number of hydrogen-bond acceptors (Lipinski definition) is 5. The van der Waals surface area contributed by atoms with Crippen LogP contribution in [0.1, 0.15) is 16.1 Å². The van der Waals surface area contributed by atoms with Crippen LogP contribution in [-0.2, 0) is 18.4 Å². The molecule has 1 heterocycles. The molecule has 0 radical (unpaired) electrons. The van der Waals surface area contributed by atoms with Crippen LogP contribution in [0.3, 0.4) is 0 Å². The third-order valence-electron chi connectivity index (χ3n) is 2.68. The van der Waals surface area contributed by atoms with E-state index < -0.39 is 5.97 Å². The molecule has 0 spiro atoms. The van der Waals surface area contributed by atoms with Gasteiger partial charge in [0, 0.05) is 26.0 Å². The van der Waals surface area contributed by atoms with Gasteiger partial charge in [-0.25, -0.2) is 9.78 Å². The molecule has 19 heavy (non-hydrogen) atoms. The number of nitrogens with zero attached hydrogens (tertiary/aromatic N) is 2. The van der Waals surface area contributed by atoms with Gasteiger partial charge in [0.25, 0.3) is 0 Å². The lowest BCUT2D eigenvalue weighted by Gasteiger charge is -2.08. The highest BCUT2D eigenvalue weighted by molar-refractivity contribution is 5.90. The average molecular weight is 260 g/mol. The Hall–Kier alpha value is -2.34. The summed E-state index contributed by atoms with van der Waals surface area (Å²) in [5.74, 6) is -0.410. The molecule has 0 saturated heterocycles. The predicted octanol–water partition coefficient (Wildman–Crippen LogP) is 1.32. The molecule has 0 atom stereocenters. The van der Waals surface area contributed by atoms with Crippen molar-refractivity contribution in [2.75, 3.05) is 12.4 Å². The second-order valence-electron chi connectivity index (χ2n) is 4.02. The van der Waals surface area contributed by atoms with Crippen LogP contribution < -0.4 is 10.8 Å². The van der Waals surface area contributed by atoms with Crippen molar-refractivity contribution in [2.24, 2.45) is 7.05 Å². The zero-order chi connectivity index (χ0) is 13.7. The number of hydroxylamine groups is 1. The fraction of sp³-hybridized carbons (Fsp3) is 0.231. The number of anilines is 1. The van der Waals surface area contributed by atoms with Gasteiger partial charge in [-0.2, -0.15) is 5.48 Å². The van der Waals surface area contributed by atoms with E-state index in [0.29, 0.717) is 12.1 Å². The minimum atomic E-state index is -0.410. The van der Waals surface area contributed by atoms with E-state index in [9.17, 15) is 4.79 Å². The standard InChI is InChI=1S/C13H16N4O2/c1-14-19-13(18)10-4-3-5-11(6-10)16-8-12-7-15-9-17(12)2/h3-7,9,14,16H,8H2,1-2H3. The molecule has 0 saturated carbocycles. The van der Waals surface area contributed by atoms with Gasteiger partial charge in [-0.05, 0) is 18.2 Å².